The fraction of sp³-hybridized carbons (Fsp3) is 0.739. The number of nitrogens with zero attached hydrogens (tertiary/aromatic N) is 1. The van der Waals surface area contributed by atoms with E-state index in [1.165, 1.54) is 37.9 Å². The lowest BCUT2D eigenvalue weighted by molar-refractivity contribution is -0.234. The van der Waals surface area contributed by atoms with Gasteiger partial charge in [0.05, 0.1) is 0 Å². The highest BCUT2D eigenvalue weighted by molar-refractivity contribution is 5.86. The van der Waals surface area contributed by atoms with Crippen molar-refractivity contribution in [2.75, 3.05) is 19.6 Å². The van der Waals surface area contributed by atoms with Crippen molar-refractivity contribution in [1.29, 1.82) is 0 Å². The summed E-state index contributed by atoms with van der Waals surface area (Å²) in [6.45, 7) is 22.9. The maximum Gasteiger partial charge on any atom is 0.298 e. The molecule has 0 aromatic heterocycles. The minimum atomic E-state index is -1.04. The fourth-order valence-corrected chi connectivity index (χ4v) is 14.4. The number of hydrogen-bond donors (Lipinski definition) is 0. The number of piperidine rings is 1. The Bertz CT molecular complexity index is 1520. The van der Waals surface area contributed by atoms with Crippen LogP contribution in [-0.4, -0.2) is 43.0 Å². The van der Waals surface area contributed by atoms with E-state index < -0.39 is 11.6 Å². The van der Waals surface area contributed by atoms with E-state index in [4.69, 9.17) is 4.74 Å². The molecule has 1 aromatic rings. The molecule has 1 heterocycles. The number of halogens is 1. The average Bonchev–Trinajstić information content (AvgIpc) is 3.51. The van der Waals surface area contributed by atoms with Crippen molar-refractivity contribution in [2.24, 2.45) is 56.7 Å². The van der Waals surface area contributed by atoms with E-state index in [2.05, 4.69) is 53.0 Å². The summed E-state index contributed by atoms with van der Waals surface area (Å²) in [4.78, 5) is 28.1. The standard InChI is InChI=1S/C46H66FNO3/c1-31(2)34-20-23-46(40(50)13-9-12-28-48-26-10-8-11-27-48)25-24-43(5)35(41(34)46)18-19-38-44(43,6)22-21-37-42(3,4)36(29-39(47)45(37,38)7)32-14-16-33(17-15-32)51-30-49/h14-17,29-30,34-35,37-39,41H,1,8-13,18-28H2,2-7H3/t34-,35+,37-,38-,39+,41+,43+,44+,45-,46+/m0/s1. The molecule has 4 nitrogen and oxygen atoms in total. The minimum Gasteiger partial charge on any atom is -0.429 e. The quantitative estimate of drug-likeness (QED) is 0.139. The maximum atomic E-state index is 17.3. The fourth-order valence-electron chi connectivity index (χ4n) is 14.4. The van der Waals surface area contributed by atoms with Crippen LogP contribution in [0.2, 0.25) is 0 Å². The first-order valence-electron chi connectivity index (χ1n) is 20.7. The third kappa shape index (κ3) is 5.67. The van der Waals surface area contributed by atoms with E-state index in [1.807, 2.05) is 30.3 Å². The number of alkyl halides is 1. The zero-order valence-electron chi connectivity index (χ0n) is 32.7. The van der Waals surface area contributed by atoms with Crippen molar-refractivity contribution in [3.63, 3.8) is 0 Å². The molecule has 4 saturated carbocycles. The molecule has 1 aromatic carbocycles. The number of carbonyl (C=O) groups is 2. The molecule has 5 fully saturated rings. The lowest BCUT2D eigenvalue weighted by atomic mass is 9.32. The summed E-state index contributed by atoms with van der Waals surface area (Å²) in [6, 6.07) is 7.58. The molecule has 10 atom stereocenters. The Morgan fingerprint density at radius 2 is 1.63 bits per heavy atom. The zero-order valence-corrected chi connectivity index (χ0v) is 32.7. The van der Waals surface area contributed by atoms with Gasteiger partial charge in [0.1, 0.15) is 17.7 Å². The summed E-state index contributed by atoms with van der Waals surface area (Å²) in [5, 5.41) is 0. The molecular formula is C46H66FNO3. The van der Waals surface area contributed by atoms with Gasteiger partial charge in [0, 0.05) is 17.3 Å². The molecule has 0 bridgehead atoms. The third-order valence-electron chi connectivity index (χ3n) is 17.2. The summed E-state index contributed by atoms with van der Waals surface area (Å²) >= 11 is 0. The molecule has 0 N–H and O–H groups in total. The van der Waals surface area contributed by atoms with Crippen molar-refractivity contribution in [1.82, 2.24) is 4.90 Å². The Hall–Kier alpha value is -2.27. The number of likely N-dealkylation sites (tertiary alicyclic amines) is 1. The number of ether oxygens (including phenoxy) is 1. The van der Waals surface area contributed by atoms with Gasteiger partial charge in [-0.25, -0.2) is 4.39 Å². The van der Waals surface area contributed by atoms with E-state index >= 15 is 4.39 Å². The van der Waals surface area contributed by atoms with E-state index in [0.717, 1.165) is 88.3 Å². The number of Topliss-reactive ketones (excluding diaryl/α,β-unsaturated/α-hetero) is 1. The molecule has 7 rings (SSSR count). The van der Waals surface area contributed by atoms with Crippen molar-refractivity contribution >= 4 is 17.8 Å². The molecule has 0 spiro atoms. The Kier molecular flexibility index (Phi) is 9.84. The molecule has 1 aliphatic heterocycles. The SMILES string of the molecule is C=C(C)[C@@H]1CC[C@]2(C(=O)CCCCN3CCCCC3)CC[C@]3(C)[C@H](CC[C@@H]4[C@@]5(C)[C@H](F)C=C(c6ccc(OC=O)cc6)C(C)(C)[C@@H]5CC[C@]43C)[C@@H]12. The largest absolute Gasteiger partial charge is 0.429 e. The van der Waals surface area contributed by atoms with Gasteiger partial charge < -0.3 is 9.64 Å². The number of carbonyl (C=O) groups excluding carboxylic acids is 2. The molecule has 0 amide bonds. The van der Waals surface area contributed by atoms with E-state index in [0.29, 0.717) is 35.8 Å². The van der Waals surface area contributed by atoms with Gasteiger partial charge in [-0.3, -0.25) is 9.59 Å². The molecule has 51 heavy (non-hydrogen) atoms. The van der Waals surface area contributed by atoms with E-state index in [9.17, 15) is 9.59 Å². The number of ketones is 1. The predicted octanol–water partition coefficient (Wildman–Crippen LogP) is 11.0. The predicted molar refractivity (Wildman–Crippen MR) is 205 cm³/mol. The third-order valence-corrected chi connectivity index (χ3v) is 17.2. The van der Waals surface area contributed by atoms with Crippen LogP contribution in [0.5, 0.6) is 5.75 Å². The van der Waals surface area contributed by atoms with Crippen LogP contribution < -0.4 is 4.74 Å². The summed E-state index contributed by atoms with van der Waals surface area (Å²) < 4.78 is 22.3. The Morgan fingerprint density at radius 1 is 0.902 bits per heavy atom. The van der Waals surface area contributed by atoms with Gasteiger partial charge in [-0.2, -0.15) is 0 Å². The van der Waals surface area contributed by atoms with Gasteiger partial charge in [0.25, 0.3) is 6.47 Å². The number of fused-ring (bicyclic) bond motifs is 7. The number of hydrogen-bond acceptors (Lipinski definition) is 4. The first-order valence-corrected chi connectivity index (χ1v) is 20.7. The van der Waals surface area contributed by atoms with Gasteiger partial charge in [-0.05, 0) is 179 Å². The average molecular weight is 700 g/mol. The van der Waals surface area contributed by atoms with Crippen LogP contribution in [0.15, 0.2) is 42.5 Å². The summed E-state index contributed by atoms with van der Waals surface area (Å²) in [5.41, 5.74) is 2.55. The number of benzene rings is 1. The molecule has 5 heteroatoms. The van der Waals surface area contributed by atoms with Crippen LogP contribution in [0.3, 0.4) is 0 Å². The van der Waals surface area contributed by atoms with Crippen molar-refractivity contribution < 1.29 is 18.7 Å². The molecule has 0 radical (unpaired) electrons. The van der Waals surface area contributed by atoms with Gasteiger partial charge in [0.2, 0.25) is 0 Å². The molecule has 6 aliphatic rings. The zero-order chi connectivity index (χ0) is 36.4. The van der Waals surface area contributed by atoms with E-state index in [-0.39, 0.29) is 33.5 Å². The Labute approximate surface area is 308 Å². The Balaban J connectivity index is 1.15. The lowest BCUT2D eigenvalue weighted by Gasteiger charge is -2.72. The Morgan fingerprint density at radius 3 is 2.31 bits per heavy atom. The monoisotopic (exact) mass is 700 g/mol. The summed E-state index contributed by atoms with van der Waals surface area (Å²) in [7, 11) is 0. The second-order valence-electron chi connectivity index (χ2n) is 19.4. The molecular weight excluding hydrogens is 634 g/mol. The van der Waals surface area contributed by atoms with E-state index in [1.54, 1.807) is 0 Å². The number of unbranched alkanes of at least 4 members (excludes halogenated alkanes) is 1. The van der Waals surface area contributed by atoms with Crippen LogP contribution in [-0.2, 0) is 9.59 Å². The van der Waals surface area contributed by atoms with Gasteiger partial charge >= 0.3 is 0 Å². The molecule has 1 saturated heterocycles. The van der Waals surface area contributed by atoms with Gasteiger partial charge in [-0.1, -0.05) is 65.3 Å². The van der Waals surface area contributed by atoms with Crippen LogP contribution in [0.25, 0.3) is 5.57 Å². The minimum absolute atomic E-state index is 0.00656. The number of allylic oxidation sites excluding steroid dienone is 3. The van der Waals surface area contributed by atoms with Gasteiger partial charge in [-0.15, -0.1) is 0 Å². The topological polar surface area (TPSA) is 46.6 Å². The maximum absolute atomic E-state index is 17.3. The lowest BCUT2D eigenvalue weighted by Crippen LogP contribution is -2.67. The van der Waals surface area contributed by atoms with Crippen LogP contribution in [0, 0.1) is 56.7 Å². The van der Waals surface area contributed by atoms with Crippen LogP contribution >= 0.6 is 0 Å². The van der Waals surface area contributed by atoms with Gasteiger partial charge in [0.15, 0.2) is 0 Å². The van der Waals surface area contributed by atoms with Crippen LogP contribution in [0.4, 0.5) is 4.39 Å². The highest BCUT2D eigenvalue weighted by Crippen LogP contribution is 2.78. The first-order chi connectivity index (χ1) is 24.2. The first kappa shape index (κ1) is 37.1. The molecule has 280 valence electrons. The number of rotatable bonds is 10. The smallest absolute Gasteiger partial charge is 0.298 e. The summed E-state index contributed by atoms with van der Waals surface area (Å²) in [5.74, 6) is 2.81. The van der Waals surface area contributed by atoms with Crippen LogP contribution in [0.1, 0.15) is 137 Å². The highest BCUT2D eigenvalue weighted by Gasteiger charge is 2.72. The van der Waals surface area contributed by atoms with Crippen molar-refractivity contribution in [3.05, 3.63) is 48.1 Å². The summed E-state index contributed by atoms with van der Waals surface area (Å²) in [6.07, 6.45) is 16.3. The molecule has 0 unspecified atom stereocenters. The molecule has 5 aliphatic carbocycles. The van der Waals surface area contributed by atoms with Crippen molar-refractivity contribution in [2.45, 2.75) is 138 Å². The normalized spacial score (nSPS) is 41.7. The second-order valence-corrected chi connectivity index (χ2v) is 19.4. The highest BCUT2D eigenvalue weighted by atomic mass is 19.1. The second kappa shape index (κ2) is 13.5. The van der Waals surface area contributed by atoms with Crippen molar-refractivity contribution in [3.8, 4) is 5.75 Å².